The van der Waals surface area contributed by atoms with E-state index in [0.717, 1.165) is 32.7 Å². The third-order valence-electron chi connectivity index (χ3n) is 6.45. The van der Waals surface area contributed by atoms with Gasteiger partial charge in [0, 0.05) is 18.9 Å². The molecule has 2 aliphatic carbocycles. The summed E-state index contributed by atoms with van der Waals surface area (Å²) < 4.78 is 18.9. The van der Waals surface area contributed by atoms with E-state index >= 15 is 0 Å². The van der Waals surface area contributed by atoms with Crippen LogP contribution in [0.15, 0.2) is 12.2 Å². The quantitative estimate of drug-likeness (QED) is 0.570. The summed E-state index contributed by atoms with van der Waals surface area (Å²) in [5, 5.41) is 0.252. The van der Waals surface area contributed by atoms with Gasteiger partial charge in [-0.05, 0) is 42.8 Å². The van der Waals surface area contributed by atoms with Crippen molar-refractivity contribution in [1.29, 1.82) is 0 Å². The molecule has 3 nitrogen and oxygen atoms in total. The molecule has 1 saturated heterocycles. The number of allylic oxidation sites excluding steroid dienone is 2. The largest absolute Gasteiger partial charge is 0.416 e. The van der Waals surface area contributed by atoms with Crippen LogP contribution in [0.4, 0.5) is 0 Å². The van der Waals surface area contributed by atoms with E-state index in [-0.39, 0.29) is 10.8 Å². The first-order valence-corrected chi connectivity index (χ1v) is 11.7. The lowest BCUT2D eigenvalue weighted by atomic mass is 9.81. The van der Waals surface area contributed by atoms with Gasteiger partial charge in [0.2, 0.25) is 0 Å². The van der Waals surface area contributed by atoms with Crippen LogP contribution < -0.4 is 0 Å². The maximum Gasteiger partial charge on any atom is 0.191 e. The summed E-state index contributed by atoms with van der Waals surface area (Å²) in [6.07, 6.45) is 8.06. The van der Waals surface area contributed by atoms with Crippen molar-refractivity contribution >= 4 is 8.32 Å². The molecule has 0 unspecified atom stereocenters. The molecular weight excluding hydrogens is 292 g/mol. The summed E-state index contributed by atoms with van der Waals surface area (Å²) in [7, 11) is -1.73. The molecule has 0 bridgehead atoms. The minimum absolute atomic E-state index is 0.252. The zero-order chi connectivity index (χ0) is 16.0. The molecule has 1 heterocycles. The van der Waals surface area contributed by atoms with Crippen LogP contribution in [0.25, 0.3) is 0 Å². The fraction of sp³-hybridized carbons (Fsp3) is 0.889. The second-order valence-corrected chi connectivity index (χ2v) is 13.6. The van der Waals surface area contributed by atoms with Gasteiger partial charge >= 0.3 is 0 Å². The third-order valence-corrected chi connectivity index (χ3v) is 11.0. The smallest absolute Gasteiger partial charge is 0.191 e. The van der Waals surface area contributed by atoms with E-state index in [1.54, 1.807) is 0 Å². The Morgan fingerprint density at radius 3 is 2.41 bits per heavy atom. The first-order chi connectivity index (χ1) is 10.3. The van der Waals surface area contributed by atoms with Crippen LogP contribution in [0, 0.1) is 17.8 Å². The van der Waals surface area contributed by atoms with Gasteiger partial charge in [0.15, 0.2) is 14.1 Å². The number of hydrogen-bond acceptors (Lipinski definition) is 3. The molecule has 0 aromatic rings. The molecule has 0 N–H and O–H groups in total. The molecule has 1 spiro atoms. The van der Waals surface area contributed by atoms with E-state index in [1.807, 2.05) is 0 Å². The van der Waals surface area contributed by atoms with Gasteiger partial charge in [0.05, 0.1) is 13.2 Å². The fourth-order valence-corrected chi connectivity index (χ4v) is 5.06. The van der Waals surface area contributed by atoms with Gasteiger partial charge < -0.3 is 13.9 Å². The molecule has 2 fully saturated rings. The molecule has 3 aliphatic rings. The van der Waals surface area contributed by atoms with Crippen LogP contribution in [-0.4, -0.2) is 33.9 Å². The van der Waals surface area contributed by atoms with Crippen LogP contribution in [0.5, 0.6) is 0 Å². The van der Waals surface area contributed by atoms with Crippen molar-refractivity contribution in [3.63, 3.8) is 0 Å². The van der Waals surface area contributed by atoms with E-state index < -0.39 is 8.32 Å². The van der Waals surface area contributed by atoms with Gasteiger partial charge in [0.1, 0.15) is 0 Å². The Morgan fingerprint density at radius 1 is 1.14 bits per heavy atom. The highest BCUT2D eigenvalue weighted by Gasteiger charge is 2.57. The highest BCUT2D eigenvalue weighted by Crippen LogP contribution is 2.53. The van der Waals surface area contributed by atoms with Crippen molar-refractivity contribution in [3.05, 3.63) is 12.2 Å². The van der Waals surface area contributed by atoms with Crippen molar-refractivity contribution in [2.24, 2.45) is 17.8 Å². The Labute approximate surface area is 136 Å². The number of ether oxygens (including phenoxy) is 2. The lowest BCUT2D eigenvalue weighted by Crippen LogP contribution is -2.46. The molecule has 0 aromatic heterocycles. The average Bonchev–Trinajstić information content (AvgIpc) is 3.00. The van der Waals surface area contributed by atoms with Crippen molar-refractivity contribution in [2.75, 3.05) is 19.8 Å². The standard InChI is InChI=1S/C18H32O3Si/c1-17(2,3)22(4,5)21-13-16-15-9-7-6-8-14(15)12-18(16)19-10-11-20-18/h6-7,14-16H,8-13H2,1-5H3/t14-,15+,16-/m0/s1. The summed E-state index contributed by atoms with van der Waals surface area (Å²) in [4.78, 5) is 0. The molecule has 1 saturated carbocycles. The van der Waals surface area contributed by atoms with Gasteiger partial charge in [-0.25, -0.2) is 0 Å². The third kappa shape index (κ3) is 2.83. The molecule has 1 aliphatic heterocycles. The maximum atomic E-state index is 6.57. The van der Waals surface area contributed by atoms with Gasteiger partial charge in [-0.2, -0.15) is 0 Å². The lowest BCUT2D eigenvalue weighted by Gasteiger charge is -2.40. The maximum absolute atomic E-state index is 6.57. The van der Waals surface area contributed by atoms with E-state index in [0.29, 0.717) is 17.8 Å². The normalized spacial score (nSPS) is 34.3. The van der Waals surface area contributed by atoms with Crippen LogP contribution in [0.3, 0.4) is 0 Å². The SMILES string of the molecule is CC(C)(C)[Si](C)(C)OC[C@H]1[C@@H]2CC=CC[C@H]2CC12OCCO2. The van der Waals surface area contributed by atoms with Crippen molar-refractivity contribution in [1.82, 2.24) is 0 Å². The Kier molecular flexibility index (Phi) is 4.34. The Morgan fingerprint density at radius 2 is 1.77 bits per heavy atom. The first-order valence-electron chi connectivity index (χ1n) is 8.82. The zero-order valence-corrected chi connectivity index (χ0v) is 15.9. The monoisotopic (exact) mass is 324 g/mol. The Bertz CT molecular complexity index is 432. The van der Waals surface area contributed by atoms with E-state index in [4.69, 9.17) is 13.9 Å². The molecule has 0 amide bonds. The van der Waals surface area contributed by atoms with Gasteiger partial charge in [-0.1, -0.05) is 32.9 Å². The molecule has 4 heteroatoms. The van der Waals surface area contributed by atoms with Gasteiger partial charge in [-0.3, -0.25) is 0 Å². The van der Waals surface area contributed by atoms with E-state index in [1.165, 1.54) is 6.42 Å². The van der Waals surface area contributed by atoms with Crippen molar-refractivity contribution in [2.45, 2.75) is 64.0 Å². The molecule has 0 aromatic carbocycles. The molecule has 3 atom stereocenters. The zero-order valence-electron chi connectivity index (χ0n) is 14.9. The van der Waals surface area contributed by atoms with Crippen LogP contribution in [0.2, 0.25) is 18.1 Å². The molecule has 3 rings (SSSR count). The van der Waals surface area contributed by atoms with Crippen molar-refractivity contribution < 1.29 is 13.9 Å². The second kappa shape index (κ2) is 5.73. The van der Waals surface area contributed by atoms with E-state index in [2.05, 4.69) is 46.0 Å². The minimum atomic E-state index is -1.73. The number of fused-ring (bicyclic) bond motifs is 1. The molecule has 22 heavy (non-hydrogen) atoms. The summed E-state index contributed by atoms with van der Waals surface area (Å²) in [5.41, 5.74) is 0. The van der Waals surface area contributed by atoms with Crippen LogP contribution in [-0.2, 0) is 13.9 Å². The van der Waals surface area contributed by atoms with Gasteiger partial charge in [-0.15, -0.1) is 0 Å². The predicted molar refractivity (Wildman–Crippen MR) is 91.2 cm³/mol. The predicted octanol–water partition coefficient (Wildman–Crippen LogP) is 4.35. The van der Waals surface area contributed by atoms with Crippen LogP contribution in [0.1, 0.15) is 40.0 Å². The highest BCUT2D eigenvalue weighted by atomic mass is 28.4. The molecule has 0 radical (unpaired) electrons. The van der Waals surface area contributed by atoms with Crippen LogP contribution >= 0.6 is 0 Å². The number of hydrogen-bond donors (Lipinski definition) is 0. The molecule has 126 valence electrons. The van der Waals surface area contributed by atoms with Gasteiger partial charge in [0.25, 0.3) is 0 Å². The number of rotatable bonds is 3. The molecular formula is C18H32O3Si. The van der Waals surface area contributed by atoms with E-state index in [9.17, 15) is 0 Å². The lowest BCUT2D eigenvalue weighted by molar-refractivity contribution is -0.193. The minimum Gasteiger partial charge on any atom is -0.416 e. The first kappa shape index (κ1) is 16.7. The fourth-order valence-electron chi connectivity index (χ4n) is 4.03. The topological polar surface area (TPSA) is 27.7 Å². The van der Waals surface area contributed by atoms with Crippen molar-refractivity contribution in [3.8, 4) is 0 Å². The summed E-state index contributed by atoms with van der Waals surface area (Å²) in [5.74, 6) is 1.40. The Balaban J connectivity index is 1.75. The Hall–Kier alpha value is -0.163. The second-order valence-electron chi connectivity index (χ2n) is 8.76. The summed E-state index contributed by atoms with van der Waals surface area (Å²) >= 11 is 0. The average molecular weight is 325 g/mol. The summed E-state index contributed by atoms with van der Waals surface area (Å²) in [6, 6.07) is 0. The highest BCUT2D eigenvalue weighted by molar-refractivity contribution is 6.74. The summed E-state index contributed by atoms with van der Waals surface area (Å²) in [6.45, 7) is 13.9.